The van der Waals surface area contributed by atoms with Gasteiger partial charge in [-0.3, -0.25) is 9.71 Å². The van der Waals surface area contributed by atoms with Crippen molar-refractivity contribution in [2.24, 2.45) is 10.9 Å². The molecule has 0 saturated heterocycles. The van der Waals surface area contributed by atoms with Crippen LogP contribution in [-0.2, 0) is 10.0 Å². The number of aliphatic imine (C=N–C) groups is 1. The Balaban J connectivity index is 0.00000625. The number of halogens is 2. The Kier molecular flexibility index (Phi) is 11.8. The standard InChI is InChI=1S/C17H29FN4O2S.HI/c1-13(2)6-5-9-20-17(19-4)21-10-11-25(23,24)22-15-8-7-14(3)16(18)12-15;/h7-8,12-13,22H,5-6,9-11H2,1-4H3,(H2,19,20,21);1H. The third kappa shape index (κ3) is 10.1. The van der Waals surface area contributed by atoms with Crippen LogP contribution in [-0.4, -0.2) is 40.3 Å². The van der Waals surface area contributed by atoms with Crippen LogP contribution in [0.5, 0.6) is 0 Å². The maximum Gasteiger partial charge on any atom is 0.234 e. The van der Waals surface area contributed by atoms with Gasteiger partial charge in [0.15, 0.2) is 5.96 Å². The summed E-state index contributed by atoms with van der Waals surface area (Å²) in [6.07, 6.45) is 2.15. The molecule has 0 bridgehead atoms. The number of nitrogens with zero attached hydrogens (tertiary/aromatic N) is 1. The number of aryl methyl sites for hydroxylation is 1. The van der Waals surface area contributed by atoms with Crippen molar-refractivity contribution < 1.29 is 12.8 Å². The number of nitrogens with one attached hydrogen (secondary N) is 3. The highest BCUT2D eigenvalue weighted by Crippen LogP contribution is 2.14. The number of rotatable bonds is 9. The van der Waals surface area contributed by atoms with E-state index in [-0.39, 0.29) is 42.0 Å². The summed E-state index contributed by atoms with van der Waals surface area (Å²) in [6.45, 7) is 6.95. The Labute approximate surface area is 173 Å². The molecule has 6 nitrogen and oxygen atoms in total. The van der Waals surface area contributed by atoms with Gasteiger partial charge in [0, 0.05) is 20.1 Å². The molecule has 0 atom stereocenters. The van der Waals surface area contributed by atoms with E-state index in [1.165, 1.54) is 12.1 Å². The van der Waals surface area contributed by atoms with E-state index in [2.05, 4.69) is 34.2 Å². The summed E-state index contributed by atoms with van der Waals surface area (Å²) in [7, 11) is -1.93. The minimum Gasteiger partial charge on any atom is -0.356 e. The third-order valence-electron chi connectivity index (χ3n) is 3.58. The fraction of sp³-hybridized carbons (Fsp3) is 0.588. The van der Waals surface area contributed by atoms with Crippen LogP contribution < -0.4 is 15.4 Å². The van der Waals surface area contributed by atoms with Gasteiger partial charge in [0.2, 0.25) is 10.0 Å². The molecule has 1 aromatic rings. The van der Waals surface area contributed by atoms with E-state index >= 15 is 0 Å². The van der Waals surface area contributed by atoms with Crippen molar-refractivity contribution in [1.82, 2.24) is 10.6 Å². The van der Waals surface area contributed by atoms with Crippen LogP contribution in [0.1, 0.15) is 32.3 Å². The SMILES string of the molecule is CN=C(NCCCC(C)C)NCCS(=O)(=O)Nc1ccc(C)c(F)c1.I. The van der Waals surface area contributed by atoms with Gasteiger partial charge in [-0.25, -0.2) is 12.8 Å². The molecule has 0 spiro atoms. The van der Waals surface area contributed by atoms with Gasteiger partial charge in [-0.15, -0.1) is 24.0 Å². The maximum atomic E-state index is 13.5. The van der Waals surface area contributed by atoms with Crippen molar-refractivity contribution in [2.75, 3.05) is 30.6 Å². The molecule has 1 rings (SSSR count). The number of anilines is 1. The van der Waals surface area contributed by atoms with E-state index in [4.69, 9.17) is 0 Å². The fourth-order valence-corrected chi connectivity index (χ4v) is 3.09. The van der Waals surface area contributed by atoms with E-state index in [0.717, 1.165) is 19.4 Å². The Hall–Kier alpha value is -1.10. The molecule has 0 amide bonds. The predicted octanol–water partition coefficient (Wildman–Crippen LogP) is 3.10. The normalized spacial score (nSPS) is 11.8. The first-order chi connectivity index (χ1) is 11.7. The lowest BCUT2D eigenvalue weighted by Crippen LogP contribution is -2.40. The second kappa shape index (κ2) is 12.3. The molecular formula is C17H30FIN4O2S. The van der Waals surface area contributed by atoms with Crippen molar-refractivity contribution >= 4 is 45.6 Å². The van der Waals surface area contributed by atoms with Crippen molar-refractivity contribution in [2.45, 2.75) is 33.6 Å². The molecule has 0 aliphatic rings. The van der Waals surface area contributed by atoms with Gasteiger partial charge in [-0.2, -0.15) is 0 Å². The van der Waals surface area contributed by atoms with Crippen molar-refractivity contribution in [3.05, 3.63) is 29.6 Å². The van der Waals surface area contributed by atoms with E-state index in [1.807, 2.05) is 0 Å². The van der Waals surface area contributed by atoms with Gasteiger partial charge in [0.1, 0.15) is 5.82 Å². The summed E-state index contributed by atoms with van der Waals surface area (Å²) < 4.78 is 40.0. The van der Waals surface area contributed by atoms with Crippen LogP contribution in [0.4, 0.5) is 10.1 Å². The largest absolute Gasteiger partial charge is 0.356 e. The average molecular weight is 500 g/mol. The summed E-state index contributed by atoms with van der Waals surface area (Å²) in [4.78, 5) is 4.06. The smallest absolute Gasteiger partial charge is 0.234 e. The van der Waals surface area contributed by atoms with Gasteiger partial charge < -0.3 is 10.6 Å². The molecule has 3 N–H and O–H groups in total. The second-order valence-corrected chi connectivity index (χ2v) is 8.19. The summed E-state index contributed by atoms with van der Waals surface area (Å²) in [6, 6.07) is 4.25. The first kappa shape index (κ1) is 24.9. The highest BCUT2D eigenvalue weighted by molar-refractivity contribution is 14.0. The molecule has 26 heavy (non-hydrogen) atoms. The molecule has 0 aromatic heterocycles. The van der Waals surface area contributed by atoms with E-state index in [1.54, 1.807) is 20.0 Å². The molecular weight excluding hydrogens is 470 g/mol. The summed E-state index contributed by atoms with van der Waals surface area (Å²) in [5.41, 5.74) is 0.691. The monoisotopic (exact) mass is 500 g/mol. The lowest BCUT2D eigenvalue weighted by atomic mass is 10.1. The minimum absolute atomic E-state index is 0. The first-order valence-corrected chi connectivity index (χ1v) is 10.1. The van der Waals surface area contributed by atoms with Crippen LogP contribution >= 0.6 is 24.0 Å². The van der Waals surface area contributed by atoms with Gasteiger partial charge in [-0.1, -0.05) is 19.9 Å². The Bertz CT molecular complexity index is 681. The second-order valence-electron chi connectivity index (χ2n) is 6.35. The molecule has 0 aliphatic carbocycles. The molecule has 0 unspecified atom stereocenters. The van der Waals surface area contributed by atoms with Crippen LogP contribution in [0, 0.1) is 18.7 Å². The minimum atomic E-state index is -3.57. The quantitative estimate of drug-likeness (QED) is 0.211. The predicted molar refractivity (Wildman–Crippen MR) is 117 cm³/mol. The van der Waals surface area contributed by atoms with Crippen molar-refractivity contribution in [3.63, 3.8) is 0 Å². The van der Waals surface area contributed by atoms with Gasteiger partial charge in [-0.05, 0) is 43.4 Å². The molecule has 0 saturated carbocycles. The zero-order valence-corrected chi connectivity index (χ0v) is 18.9. The number of hydrogen-bond acceptors (Lipinski definition) is 3. The zero-order chi connectivity index (χ0) is 18.9. The van der Waals surface area contributed by atoms with E-state index < -0.39 is 15.8 Å². The Morgan fingerprint density at radius 3 is 2.46 bits per heavy atom. The highest BCUT2D eigenvalue weighted by Gasteiger charge is 2.11. The zero-order valence-electron chi connectivity index (χ0n) is 15.8. The highest BCUT2D eigenvalue weighted by atomic mass is 127. The summed E-state index contributed by atoms with van der Waals surface area (Å²) in [5.74, 6) is 0.638. The van der Waals surface area contributed by atoms with Crippen LogP contribution in [0.25, 0.3) is 0 Å². The van der Waals surface area contributed by atoms with Gasteiger partial charge >= 0.3 is 0 Å². The number of benzene rings is 1. The fourth-order valence-electron chi connectivity index (χ4n) is 2.13. The van der Waals surface area contributed by atoms with Crippen molar-refractivity contribution in [1.29, 1.82) is 0 Å². The van der Waals surface area contributed by atoms with Crippen LogP contribution in [0.2, 0.25) is 0 Å². The molecule has 150 valence electrons. The number of sulfonamides is 1. The summed E-state index contributed by atoms with van der Waals surface area (Å²) >= 11 is 0. The van der Waals surface area contributed by atoms with Gasteiger partial charge in [0.25, 0.3) is 0 Å². The molecule has 1 aromatic carbocycles. The molecule has 9 heteroatoms. The third-order valence-corrected chi connectivity index (χ3v) is 4.87. The lowest BCUT2D eigenvalue weighted by Gasteiger charge is -2.13. The summed E-state index contributed by atoms with van der Waals surface area (Å²) in [5, 5.41) is 6.11. The Morgan fingerprint density at radius 1 is 1.23 bits per heavy atom. The number of hydrogen-bond donors (Lipinski definition) is 3. The van der Waals surface area contributed by atoms with Gasteiger partial charge in [0.05, 0.1) is 11.4 Å². The van der Waals surface area contributed by atoms with Crippen LogP contribution in [0.3, 0.4) is 0 Å². The maximum absolute atomic E-state index is 13.5. The molecule has 0 aliphatic heterocycles. The Morgan fingerprint density at radius 2 is 1.88 bits per heavy atom. The topological polar surface area (TPSA) is 82.6 Å². The number of guanidine groups is 1. The van der Waals surface area contributed by atoms with Crippen molar-refractivity contribution in [3.8, 4) is 0 Å². The van der Waals surface area contributed by atoms with Crippen LogP contribution in [0.15, 0.2) is 23.2 Å². The average Bonchev–Trinajstić information content (AvgIpc) is 2.52. The lowest BCUT2D eigenvalue weighted by molar-refractivity contribution is 0.549. The molecule has 0 radical (unpaired) electrons. The van der Waals surface area contributed by atoms with E-state index in [9.17, 15) is 12.8 Å². The van der Waals surface area contributed by atoms with E-state index in [0.29, 0.717) is 17.4 Å². The first-order valence-electron chi connectivity index (χ1n) is 8.44. The molecule has 0 heterocycles. The molecule has 0 fully saturated rings.